The average Bonchev–Trinajstić information content (AvgIpc) is 2.53. The first-order valence-corrected chi connectivity index (χ1v) is 7.71. The molecule has 1 atom stereocenters. The van der Waals surface area contributed by atoms with E-state index in [9.17, 15) is 9.59 Å². The van der Waals surface area contributed by atoms with Gasteiger partial charge in [-0.3, -0.25) is 0 Å². The first-order chi connectivity index (χ1) is 10.5. The monoisotopic (exact) mass is 307 g/mol. The van der Waals surface area contributed by atoms with Gasteiger partial charge in [0, 0.05) is 13.1 Å². The van der Waals surface area contributed by atoms with Gasteiger partial charge >= 0.3 is 12.1 Å². The van der Waals surface area contributed by atoms with Crippen molar-refractivity contribution >= 4 is 12.1 Å². The van der Waals surface area contributed by atoms with Crippen LogP contribution >= 0.6 is 0 Å². The van der Waals surface area contributed by atoms with Crippen LogP contribution in [0.15, 0.2) is 24.3 Å². The molecule has 0 aliphatic rings. The van der Waals surface area contributed by atoms with Crippen LogP contribution in [0.3, 0.4) is 0 Å². The number of carbonyl (C=O) groups excluding carboxylic acids is 2. The molecule has 5 heteroatoms. The number of ether oxygens (including phenoxy) is 2. The van der Waals surface area contributed by atoms with Gasteiger partial charge in [-0.2, -0.15) is 0 Å². The van der Waals surface area contributed by atoms with E-state index >= 15 is 0 Å². The summed E-state index contributed by atoms with van der Waals surface area (Å²) in [5.74, 6) is -0.397. The normalized spacial score (nSPS) is 11.6. The minimum atomic E-state index is -0.437. The molecular formula is C17H25NO4. The van der Waals surface area contributed by atoms with Crippen LogP contribution in [0.5, 0.6) is 0 Å². The second-order valence-corrected chi connectivity index (χ2v) is 5.05. The second kappa shape index (κ2) is 9.07. The van der Waals surface area contributed by atoms with Gasteiger partial charge in [0.1, 0.15) is 12.7 Å². The van der Waals surface area contributed by atoms with Crippen molar-refractivity contribution in [2.75, 3.05) is 19.7 Å². The zero-order valence-electron chi connectivity index (χ0n) is 13.8. The molecule has 0 aliphatic heterocycles. The summed E-state index contributed by atoms with van der Waals surface area (Å²) in [6, 6.07) is 7.18. The van der Waals surface area contributed by atoms with Gasteiger partial charge in [-0.15, -0.1) is 0 Å². The summed E-state index contributed by atoms with van der Waals surface area (Å²) in [6.45, 7) is 8.88. The van der Waals surface area contributed by atoms with E-state index in [4.69, 9.17) is 9.47 Å². The van der Waals surface area contributed by atoms with Gasteiger partial charge < -0.3 is 14.4 Å². The molecule has 0 saturated carbocycles. The molecule has 1 amide bonds. The van der Waals surface area contributed by atoms with E-state index < -0.39 is 12.1 Å². The molecular weight excluding hydrogens is 282 g/mol. The molecule has 0 heterocycles. The number of aryl methyl sites for hydroxylation is 1. The van der Waals surface area contributed by atoms with Crippen LogP contribution in [0.4, 0.5) is 4.79 Å². The van der Waals surface area contributed by atoms with Gasteiger partial charge in [0.25, 0.3) is 0 Å². The fraction of sp³-hybridized carbons (Fsp3) is 0.529. The van der Waals surface area contributed by atoms with E-state index in [0.29, 0.717) is 25.1 Å². The zero-order valence-corrected chi connectivity index (χ0v) is 13.8. The van der Waals surface area contributed by atoms with E-state index in [1.165, 1.54) is 0 Å². The largest absolute Gasteiger partial charge is 0.455 e. The van der Waals surface area contributed by atoms with Crippen molar-refractivity contribution in [3.8, 4) is 0 Å². The van der Waals surface area contributed by atoms with Crippen LogP contribution in [-0.4, -0.2) is 42.8 Å². The molecule has 1 rings (SSSR count). The van der Waals surface area contributed by atoms with E-state index in [1.54, 1.807) is 17.0 Å². The van der Waals surface area contributed by atoms with Crippen molar-refractivity contribution < 1.29 is 19.1 Å². The summed E-state index contributed by atoms with van der Waals surface area (Å²) in [6.07, 6.45) is -0.230. The minimum Gasteiger partial charge on any atom is -0.455 e. The average molecular weight is 307 g/mol. The lowest BCUT2D eigenvalue weighted by Crippen LogP contribution is -2.34. The quantitative estimate of drug-likeness (QED) is 0.724. The van der Waals surface area contributed by atoms with Gasteiger partial charge in [0.2, 0.25) is 0 Å². The highest BCUT2D eigenvalue weighted by Crippen LogP contribution is 2.09. The Morgan fingerprint density at radius 1 is 1.09 bits per heavy atom. The molecule has 0 N–H and O–H groups in total. The molecule has 0 aromatic heterocycles. The second-order valence-electron chi connectivity index (χ2n) is 5.05. The Kier molecular flexibility index (Phi) is 7.43. The highest BCUT2D eigenvalue weighted by atomic mass is 16.6. The molecule has 0 spiro atoms. The van der Waals surface area contributed by atoms with Crippen LogP contribution < -0.4 is 0 Å². The van der Waals surface area contributed by atoms with E-state index in [0.717, 1.165) is 5.56 Å². The van der Waals surface area contributed by atoms with Gasteiger partial charge in [-0.1, -0.05) is 24.6 Å². The molecule has 0 radical (unpaired) electrons. The Balaban J connectivity index is 2.52. The Labute approximate surface area is 132 Å². The summed E-state index contributed by atoms with van der Waals surface area (Å²) in [5.41, 5.74) is 1.58. The number of benzene rings is 1. The van der Waals surface area contributed by atoms with Crippen molar-refractivity contribution in [2.45, 2.75) is 40.2 Å². The van der Waals surface area contributed by atoms with E-state index in [2.05, 4.69) is 0 Å². The van der Waals surface area contributed by atoms with Crippen LogP contribution in [0, 0.1) is 6.92 Å². The maximum atomic E-state index is 12.0. The lowest BCUT2D eigenvalue weighted by atomic mass is 10.1. The summed E-state index contributed by atoms with van der Waals surface area (Å²) < 4.78 is 10.6. The van der Waals surface area contributed by atoms with Crippen molar-refractivity contribution in [2.24, 2.45) is 0 Å². The highest BCUT2D eigenvalue weighted by molar-refractivity contribution is 5.89. The van der Waals surface area contributed by atoms with Gasteiger partial charge in [0.05, 0.1) is 5.56 Å². The highest BCUT2D eigenvalue weighted by Gasteiger charge is 2.18. The predicted octanol–water partition coefficient (Wildman–Crippen LogP) is 3.41. The Morgan fingerprint density at radius 2 is 1.68 bits per heavy atom. The number of amides is 1. The molecule has 122 valence electrons. The summed E-state index contributed by atoms with van der Waals surface area (Å²) in [4.78, 5) is 25.4. The zero-order chi connectivity index (χ0) is 16.5. The number of hydrogen-bond donors (Lipinski definition) is 0. The smallest absolute Gasteiger partial charge is 0.409 e. The number of rotatable bonds is 7. The lowest BCUT2D eigenvalue weighted by molar-refractivity contribution is 0.00357. The Hall–Kier alpha value is -2.04. The summed E-state index contributed by atoms with van der Waals surface area (Å²) in [7, 11) is 0. The number of nitrogens with zero attached hydrogens (tertiary/aromatic N) is 1. The van der Waals surface area contributed by atoms with Gasteiger partial charge in [-0.05, 0) is 39.3 Å². The van der Waals surface area contributed by atoms with Gasteiger partial charge in [-0.25, -0.2) is 9.59 Å². The van der Waals surface area contributed by atoms with Crippen LogP contribution in [0.25, 0.3) is 0 Å². The molecule has 22 heavy (non-hydrogen) atoms. The third-order valence-electron chi connectivity index (χ3n) is 3.43. The minimum absolute atomic E-state index is 0.0729. The molecule has 1 unspecified atom stereocenters. The molecule has 0 fully saturated rings. The van der Waals surface area contributed by atoms with Crippen molar-refractivity contribution in [3.05, 3.63) is 35.4 Å². The Morgan fingerprint density at radius 3 is 2.18 bits per heavy atom. The van der Waals surface area contributed by atoms with Crippen molar-refractivity contribution in [1.29, 1.82) is 0 Å². The maximum absolute atomic E-state index is 12.0. The summed E-state index contributed by atoms with van der Waals surface area (Å²) in [5, 5.41) is 0. The Bertz CT molecular complexity index is 480. The predicted molar refractivity (Wildman–Crippen MR) is 84.9 cm³/mol. The maximum Gasteiger partial charge on any atom is 0.409 e. The summed E-state index contributed by atoms with van der Waals surface area (Å²) >= 11 is 0. The topological polar surface area (TPSA) is 55.8 Å². The SMILES string of the molecule is CCC(COC(=O)N(CC)CC)OC(=O)c1ccc(C)cc1. The number of carbonyl (C=O) groups is 2. The molecule has 5 nitrogen and oxygen atoms in total. The molecule has 0 aliphatic carbocycles. The van der Waals surface area contributed by atoms with Gasteiger partial charge in [0.15, 0.2) is 0 Å². The van der Waals surface area contributed by atoms with E-state index in [1.807, 2.05) is 39.8 Å². The number of esters is 1. The fourth-order valence-electron chi connectivity index (χ4n) is 1.88. The van der Waals surface area contributed by atoms with Crippen LogP contribution in [0.2, 0.25) is 0 Å². The fourth-order valence-corrected chi connectivity index (χ4v) is 1.88. The van der Waals surface area contributed by atoms with Crippen molar-refractivity contribution in [3.63, 3.8) is 0 Å². The molecule has 0 bridgehead atoms. The molecule has 0 saturated heterocycles. The number of hydrogen-bond acceptors (Lipinski definition) is 4. The van der Waals surface area contributed by atoms with Crippen molar-refractivity contribution in [1.82, 2.24) is 4.90 Å². The molecule has 1 aromatic rings. The van der Waals surface area contributed by atoms with Crippen LogP contribution in [0.1, 0.15) is 43.1 Å². The van der Waals surface area contributed by atoms with Crippen LogP contribution in [-0.2, 0) is 9.47 Å². The first kappa shape index (κ1) is 18.0. The standard InChI is InChI=1S/C17H25NO4/c1-5-15(12-21-17(20)18(6-2)7-3)22-16(19)14-10-8-13(4)9-11-14/h8-11,15H,5-7,12H2,1-4H3. The molecule has 1 aromatic carbocycles. The lowest BCUT2D eigenvalue weighted by Gasteiger charge is -2.21. The third kappa shape index (κ3) is 5.39. The van der Waals surface area contributed by atoms with E-state index in [-0.39, 0.29) is 12.7 Å². The third-order valence-corrected chi connectivity index (χ3v) is 3.43. The first-order valence-electron chi connectivity index (χ1n) is 7.71.